The first-order valence-electron chi connectivity index (χ1n) is 7.50. The van der Waals surface area contributed by atoms with Crippen molar-refractivity contribution in [2.24, 2.45) is 5.92 Å². The second-order valence-electron chi connectivity index (χ2n) is 5.30. The minimum absolute atomic E-state index is 0.0216. The summed E-state index contributed by atoms with van der Waals surface area (Å²) in [4.78, 5) is 11.7. The van der Waals surface area contributed by atoms with Crippen LogP contribution in [0.25, 0.3) is 0 Å². The van der Waals surface area contributed by atoms with Crippen LogP contribution in [0.3, 0.4) is 0 Å². The van der Waals surface area contributed by atoms with Crippen LogP contribution in [0.15, 0.2) is 18.2 Å². The lowest BCUT2D eigenvalue weighted by Gasteiger charge is -2.12. The fourth-order valence-corrected chi connectivity index (χ4v) is 1.99. The Bertz CT molecular complexity index is 473. The van der Waals surface area contributed by atoms with Crippen LogP contribution in [0.5, 0.6) is 11.5 Å². The maximum Gasteiger partial charge on any atom is 0.257 e. The average Bonchev–Trinajstić information content (AvgIpc) is 3.33. The minimum atomic E-state index is -0.0824. The van der Waals surface area contributed by atoms with Gasteiger partial charge in [0, 0.05) is 13.1 Å². The SMILES string of the molecule is CCNCc1ccc(OC)c(OCC(=O)NCC2CC2)c1. The molecule has 1 amide bonds. The van der Waals surface area contributed by atoms with Crippen molar-refractivity contribution in [1.82, 2.24) is 10.6 Å². The Hall–Kier alpha value is -1.75. The maximum atomic E-state index is 11.7. The number of ether oxygens (including phenoxy) is 2. The minimum Gasteiger partial charge on any atom is -0.493 e. The van der Waals surface area contributed by atoms with E-state index in [2.05, 4.69) is 17.6 Å². The molecule has 0 spiro atoms. The van der Waals surface area contributed by atoms with Gasteiger partial charge in [0.1, 0.15) is 0 Å². The van der Waals surface area contributed by atoms with Gasteiger partial charge in [-0.3, -0.25) is 4.79 Å². The topological polar surface area (TPSA) is 59.6 Å². The van der Waals surface area contributed by atoms with Crippen LogP contribution < -0.4 is 20.1 Å². The first-order chi connectivity index (χ1) is 10.2. The van der Waals surface area contributed by atoms with Crippen molar-refractivity contribution in [2.45, 2.75) is 26.3 Å². The van der Waals surface area contributed by atoms with Gasteiger partial charge in [0.25, 0.3) is 5.91 Å². The van der Waals surface area contributed by atoms with Crippen molar-refractivity contribution >= 4 is 5.91 Å². The molecule has 0 bridgehead atoms. The van der Waals surface area contributed by atoms with Crippen LogP contribution in [-0.4, -0.2) is 32.7 Å². The van der Waals surface area contributed by atoms with E-state index in [1.165, 1.54) is 12.8 Å². The molecule has 1 aromatic rings. The molecule has 1 aromatic carbocycles. The summed E-state index contributed by atoms with van der Waals surface area (Å²) in [5, 5.41) is 6.14. The van der Waals surface area contributed by atoms with Gasteiger partial charge >= 0.3 is 0 Å². The number of benzene rings is 1. The predicted molar refractivity (Wildman–Crippen MR) is 81.6 cm³/mol. The third kappa shape index (κ3) is 5.27. The highest BCUT2D eigenvalue weighted by atomic mass is 16.5. The summed E-state index contributed by atoms with van der Waals surface area (Å²) in [6.07, 6.45) is 2.45. The molecule has 1 fully saturated rings. The van der Waals surface area contributed by atoms with E-state index < -0.39 is 0 Å². The zero-order valence-electron chi connectivity index (χ0n) is 12.8. The van der Waals surface area contributed by atoms with Crippen molar-refractivity contribution in [3.8, 4) is 11.5 Å². The molecule has 5 heteroatoms. The second kappa shape index (κ2) is 7.88. The van der Waals surface area contributed by atoms with Gasteiger partial charge in [-0.05, 0) is 43.0 Å². The van der Waals surface area contributed by atoms with E-state index in [0.717, 1.165) is 25.2 Å². The number of hydrogen-bond acceptors (Lipinski definition) is 4. The number of amides is 1. The third-order valence-corrected chi connectivity index (χ3v) is 3.45. The summed E-state index contributed by atoms with van der Waals surface area (Å²) in [5.74, 6) is 1.84. The largest absolute Gasteiger partial charge is 0.493 e. The predicted octanol–water partition coefficient (Wildman–Crippen LogP) is 1.71. The fourth-order valence-electron chi connectivity index (χ4n) is 1.99. The van der Waals surface area contributed by atoms with E-state index in [9.17, 15) is 4.79 Å². The van der Waals surface area contributed by atoms with Crippen LogP contribution in [0.1, 0.15) is 25.3 Å². The summed E-state index contributed by atoms with van der Waals surface area (Å²) in [7, 11) is 1.60. The zero-order valence-corrected chi connectivity index (χ0v) is 12.8. The molecule has 0 heterocycles. The van der Waals surface area contributed by atoms with Gasteiger partial charge in [-0.15, -0.1) is 0 Å². The summed E-state index contributed by atoms with van der Waals surface area (Å²) in [5.41, 5.74) is 1.10. The molecule has 5 nitrogen and oxygen atoms in total. The standard InChI is InChI=1S/C16H24N2O3/c1-3-17-9-13-6-7-14(20-2)15(8-13)21-11-16(19)18-10-12-4-5-12/h6-8,12,17H,3-5,9-11H2,1-2H3,(H,18,19). The van der Waals surface area contributed by atoms with Gasteiger partial charge in [0.15, 0.2) is 18.1 Å². The van der Waals surface area contributed by atoms with Crippen molar-refractivity contribution in [3.63, 3.8) is 0 Å². The Labute approximate surface area is 126 Å². The third-order valence-electron chi connectivity index (χ3n) is 3.45. The van der Waals surface area contributed by atoms with Crippen molar-refractivity contribution < 1.29 is 14.3 Å². The Morgan fingerprint density at radius 2 is 2.14 bits per heavy atom. The van der Waals surface area contributed by atoms with E-state index >= 15 is 0 Å². The normalized spacial score (nSPS) is 13.8. The first kappa shape index (κ1) is 15.6. The van der Waals surface area contributed by atoms with Gasteiger partial charge in [0.2, 0.25) is 0 Å². The van der Waals surface area contributed by atoms with E-state index in [1.807, 2.05) is 18.2 Å². The lowest BCUT2D eigenvalue weighted by atomic mass is 10.2. The molecule has 2 rings (SSSR count). The molecule has 1 aliphatic carbocycles. The lowest BCUT2D eigenvalue weighted by molar-refractivity contribution is -0.123. The molecule has 0 unspecified atom stereocenters. The number of carbonyl (C=O) groups excluding carboxylic acids is 1. The summed E-state index contributed by atoms with van der Waals surface area (Å²) in [6, 6.07) is 5.77. The molecule has 1 saturated carbocycles. The molecule has 21 heavy (non-hydrogen) atoms. The summed E-state index contributed by atoms with van der Waals surface area (Å²) < 4.78 is 10.9. The highest BCUT2D eigenvalue weighted by Gasteiger charge is 2.21. The van der Waals surface area contributed by atoms with Gasteiger partial charge in [-0.25, -0.2) is 0 Å². The molecular weight excluding hydrogens is 268 g/mol. The average molecular weight is 292 g/mol. The molecular formula is C16H24N2O3. The van der Waals surface area contributed by atoms with Crippen LogP contribution in [-0.2, 0) is 11.3 Å². The number of carbonyl (C=O) groups is 1. The van der Waals surface area contributed by atoms with Gasteiger partial charge < -0.3 is 20.1 Å². The Kier molecular flexibility index (Phi) is 5.87. The molecule has 1 aliphatic rings. The van der Waals surface area contributed by atoms with E-state index in [1.54, 1.807) is 7.11 Å². The lowest BCUT2D eigenvalue weighted by Crippen LogP contribution is -2.30. The Morgan fingerprint density at radius 1 is 1.33 bits per heavy atom. The molecule has 0 atom stereocenters. The van der Waals surface area contributed by atoms with Crippen LogP contribution in [0.2, 0.25) is 0 Å². The number of methoxy groups -OCH3 is 1. The smallest absolute Gasteiger partial charge is 0.257 e. The number of rotatable bonds is 9. The van der Waals surface area contributed by atoms with Crippen LogP contribution >= 0.6 is 0 Å². The van der Waals surface area contributed by atoms with Crippen LogP contribution in [0, 0.1) is 5.92 Å². The van der Waals surface area contributed by atoms with Crippen molar-refractivity contribution in [2.75, 3.05) is 26.8 Å². The Morgan fingerprint density at radius 3 is 2.81 bits per heavy atom. The quantitative estimate of drug-likeness (QED) is 0.727. The highest BCUT2D eigenvalue weighted by molar-refractivity contribution is 5.77. The van der Waals surface area contributed by atoms with Gasteiger partial charge in [-0.1, -0.05) is 13.0 Å². The van der Waals surface area contributed by atoms with Gasteiger partial charge in [0.05, 0.1) is 7.11 Å². The molecule has 0 aliphatic heterocycles. The van der Waals surface area contributed by atoms with Crippen molar-refractivity contribution in [1.29, 1.82) is 0 Å². The monoisotopic (exact) mass is 292 g/mol. The number of hydrogen-bond donors (Lipinski definition) is 2. The molecule has 116 valence electrons. The highest BCUT2D eigenvalue weighted by Crippen LogP contribution is 2.28. The summed E-state index contributed by atoms with van der Waals surface area (Å²) in [6.45, 7) is 4.52. The Balaban J connectivity index is 1.87. The van der Waals surface area contributed by atoms with Crippen molar-refractivity contribution in [3.05, 3.63) is 23.8 Å². The molecule has 2 N–H and O–H groups in total. The van der Waals surface area contributed by atoms with Crippen LogP contribution in [0.4, 0.5) is 0 Å². The first-order valence-corrected chi connectivity index (χ1v) is 7.50. The van der Waals surface area contributed by atoms with Gasteiger partial charge in [-0.2, -0.15) is 0 Å². The molecule has 0 radical (unpaired) electrons. The molecule has 0 saturated heterocycles. The van der Waals surface area contributed by atoms with E-state index in [4.69, 9.17) is 9.47 Å². The second-order valence-corrected chi connectivity index (χ2v) is 5.30. The van der Waals surface area contributed by atoms with E-state index in [-0.39, 0.29) is 12.5 Å². The van der Waals surface area contributed by atoms with E-state index in [0.29, 0.717) is 17.4 Å². The zero-order chi connectivity index (χ0) is 15.1. The summed E-state index contributed by atoms with van der Waals surface area (Å²) >= 11 is 0. The maximum absolute atomic E-state index is 11.7. The molecule has 0 aromatic heterocycles. The number of nitrogens with one attached hydrogen (secondary N) is 2. The fraction of sp³-hybridized carbons (Fsp3) is 0.562.